The number of carbonyl (C=O) groups excluding carboxylic acids is 2. The number of hydrogen-bond donors (Lipinski definition) is 1. The van der Waals surface area contributed by atoms with Crippen LogP contribution in [0, 0.1) is 0 Å². The van der Waals surface area contributed by atoms with Gasteiger partial charge in [-0.25, -0.2) is 0 Å². The smallest absolute Gasteiger partial charge is 0.238 e. The maximum atomic E-state index is 12.2. The van der Waals surface area contributed by atoms with Gasteiger partial charge in [0.2, 0.25) is 11.8 Å². The molecular formula is C19H27N3O2S. The first kappa shape index (κ1) is 19.5. The van der Waals surface area contributed by atoms with E-state index in [1.54, 1.807) is 0 Å². The Balaban J connectivity index is 1.64. The lowest BCUT2D eigenvalue weighted by Crippen LogP contribution is -2.50. The molecule has 1 aromatic carbocycles. The molecule has 0 unspecified atom stereocenters. The molecule has 6 heteroatoms. The van der Waals surface area contributed by atoms with Gasteiger partial charge in [-0.15, -0.1) is 0 Å². The highest BCUT2D eigenvalue weighted by atomic mass is 32.1. The highest BCUT2D eigenvalue weighted by Gasteiger charge is 2.22. The third-order valence-corrected chi connectivity index (χ3v) is 4.52. The van der Waals surface area contributed by atoms with Crippen LogP contribution in [0.3, 0.4) is 0 Å². The summed E-state index contributed by atoms with van der Waals surface area (Å²) < 4.78 is 0. The first-order valence-electron chi connectivity index (χ1n) is 8.89. The van der Waals surface area contributed by atoms with E-state index in [-0.39, 0.29) is 11.8 Å². The third-order valence-electron chi connectivity index (χ3n) is 4.32. The number of unbranched alkanes of at least 4 members (excludes halogenated alkanes) is 1. The number of piperazine rings is 1. The van der Waals surface area contributed by atoms with E-state index in [0.717, 1.165) is 42.9 Å². The molecule has 1 fully saturated rings. The normalized spacial score (nSPS) is 15.0. The van der Waals surface area contributed by atoms with E-state index >= 15 is 0 Å². The van der Waals surface area contributed by atoms with Crippen LogP contribution in [0.5, 0.6) is 0 Å². The summed E-state index contributed by atoms with van der Waals surface area (Å²) in [6.07, 6.45) is 3.40. The zero-order valence-corrected chi connectivity index (χ0v) is 15.7. The van der Waals surface area contributed by atoms with Gasteiger partial charge in [0.05, 0.1) is 6.54 Å². The summed E-state index contributed by atoms with van der Waals surface area (Å²) in [6, 6.07) is 9.46. The molecule has 1 heterocycles. The average molecular weight is 362 g/mol. The lowest BCUT2D eigenvalue weighted by atomic mass is 10.1. The number of rotatable bonds is 8. The molecule has 0 bridgehead atoms. The molecule has 1 aromatic rings. The molecule has 2 rings (SSSR count). The Morgan fingerprint density at radius 3 is 2.32 bits per heavy atom. The number of hydrogen-bond acceptors (Lipinski definition) is 4. The van der Waals surface area contributed by atoms with Gasteiger partial charge in [-0.3, -0.25) is 14.5 Å². The fourth-order valence-electron chi connectivity index (χ4n) is 2.89. The first-order valence-corrected chi connectivity index (χ1v) is 9.30. The Kier molecular flexibility index (Phi) is 8.01. The maximum absolute atomic E-state index is 12.2. The summed E-state index contributed by atoms with van der Waals surface area (Å²) >= 11 is 5.05. The third kappa shape index (κ3) is 7.32. The molecule has 0 spiro atoms. The number of para-hydroxylation sites is 1. The zero-order chi connectivity index (χ0) is 18.1. The second kappa shape index (κ2) is 10.3. The molecule has 1 saturated heterocycles. The summed E-state index contributed by atoms with van der Waals surface area (Å²) in [6.45, 7) is 5.20. The fraction of sp³-hybridized carbons (Fsp3) is 0.526. The van der Waals surface area contributed by atoms with Crippen molar-refractivity contribution in [3.8, 4) is 0 Å². The number of benzene rings is 1. The van der Waals surface area contributed by atoms with Gasteiger partial charge in [-0.1, -0.05) is 30.4 Å². The van der Waals surface area contributed by atoms with Crippen LogP contribution in [0.2, 0.25) is 0 Å². The number of carbonyl (C=O) groups is 2. The minimum Gasteiger partial charge on any atom is -0.340 e. The lowest BCUT2D eigenvalue weighted by Gasteiger charge is -2.34. The van der Waals surface area contributed by atoms with Gasteiger partial charge in [0.15, 0.2) is 0 Å². The van der Waals surface area contributed by atoms with Crippen LogP contribution in [0.1, 0.15) is 32.6 Å². The number of nitrogens with zero attached hydrogens (tertiary/aromatic N) is 2. The van der Waals surface area contributed by atoms with Gasteiger partial charge in [-0.05, 0) is 43.2 Å². The number of anilines is 1. The molecule has 0 atom stereocenters. The van der Waals surface area contributed by atoms with Gasteiger partial charge in [-0.2, -0.15) is 0 Å². The van der Waals surface area contributed by atoms with Gasteiger partial charge in [0.1, 0.15) is 0 Å². The topological polar surface area (TPSA) is 52.7 Å². The van der Waals surface area contributed by atoms with E-state index in [4.69, 9.17) is 12.2 Å². The highest BCUT2D eigenvalue weighted by Crippen LogP contribution is 2.09. The van der Waals surface area contributed by atoms with Crippen molar-refractivity contribution in [3.05, 3.63) is 30.3 Å². The van der Waals surface area contributed by atoms with Gasteiger partial charge < -0.3 is 10.2 Å². The van der Waals surface area contributed by atoms with Crippen molar-refractivity contribution < 1.29 is 9.59 Å². The van der Waals surface area contributed by atoms with E-state index in [9.17, 15) is 9.59 Å². The van der Waals surface area contributed by atoms with Gasteiger partial charge in [0, 0.05) is 38.3 Å². The molecule has 1 N–H and O–H groups in total. The SMILES string of the molecule is CC(=S)CCCCC(=O)N1CCN(CC(=O)Nc2ccccc2)CC1. The number of amides is 2. The highest BCUT2D eigenvalue weighted by molar-refractivity contribution is 7.80. The first-order chi connectivity index (χ1) is 12.0. The fourth-order valence-corrected chi connectivity index (χ4v) is 3.03. The predicted molar refractivity (Wildman–Crippen MR) is 105 cm³/mol. The van der Waals surface area contributed by atoms with Crippen LogP contribution in [-0.2, 0) is 9.59 Å². The zero-order valence-electron chi connectivity index (χ0n) is 14.9. The van der Waals surface area contributed by atoms with E-state index in [0.29, 0.717) is 26.1 Å². The van der Waals surface area contributed by atoms with Crippen molar-refractivity contribution in [3.63, 3.8) is 0 Å². The summed E-state index contributed by atoms with van der Waals surface area (Å²) in [5.41, 5.74) is 0.813. The summed E-state index contributed by atoms with van der Waals surface area (Å²) in [5.74, 6) is 0.205. The van der Waals surface area contributed by atoms with Crippen molar-refractivity contribution in [1.82, 2.24) is 9.80 Å². The van der Waals surface area contributed by atoms with E-state index in [2.05, 4.69) is 10.2 Å². The molecule has 0 radical (unpaired) electrons. The van der Waals surface area contributed by atoms with Gasteiger partial charge >= 0.3 is 0 Å². The molecule has 136 valence electrons. The van der Waals surface area contributed by atoms with Crippen molar-refractivity contribution >= 4 is 34.6 Å². The molecule has 1 aliphatic rings. The summed E-state index contributed by atoms with van der Waals surface area (Å²) in [7, 11) is 0. The molecule has 0 aliphatic carbocycles. The second-order valence-corrected chi connectivity index (χ2v) is 7.18. The van der Waals surface area contributed by atoms with Crippen molar-refractivity contribution in [2.75, 3.05) is 38.0 Å². The molecule has 0 saturated carbocycles. The van der Waals surface area contributed by atoms with E-state index in [1.807, 2.05) is 42.2 Å². The monoisotopic (exact) mass is 361 g/mol. The van der Waals surface area contributed by atoms with Crippen LogP contribution in [0.4, 0.5) is 5.69 Å². The minimum absolute atomic E-state index is 0.0125. The van der Waals surface area contributed by atoms with Crippen molar-refractivity contribution in [2.45, 2.75) is 32.6 Å². The van der Waals surface area contributed by atoms with Gasteiger partial charge in [0.25, 0.3) is 0 Å². The Labute approximate surface area is 155 Å². The number of thiocarbonyl (C=S) groups is 1. The average Bonchev–Trinajstić information content (AvgIpc) is 2.60. The Morgan fingerprint density at radius 2 is 1.68 bits per heavy atom. The van der Waals surface area contributed by atoms with Crippen LogP contribution in [-0.4, -0.2) is 59.2 Å². The van der Waals surface area contributed by atoms with Crippen LogP contribution in [0.25, 0.3) is 0 Å². The van der Waals surface area contributed by atoms with Crippen LogP contribution in [0.15, 0.2) is 30.3 Å². The maximum Gasteiger partial charge on any atom is 0.238 e. The van der Waals surface area contributed by atoms with Crippen molar-refractivity contribution in [2.24, 2.45) is 0 Å². The quantitative estimate of drug-likeness (QED) is 0.571. The molecule has 25 heavy (non-hydrogen) atoms. The molecular weight excluding hydrogens is 334 g/mol. The molecule has 5 nitrogen and oxygen atoms in total. The Bertz CT molecular complexity index is 584. The Hall–Kier alpha value is -1.79. The predicted octanol–water partition coefficient (Wildman–Crippen LogP) is 2.72. The molecule has 1 aliphatic heterocycles. The summed E-state index contributed by atoms with van der Waals surface area (Å²) in [5, 5.41) is 2.89. The van der Waals surface area contributed by atoms with Crippen molar-refractivity contribution in [1.29, 1.82) is 0 Å². The number of nitrogens with one attached hydrogen (secondary N) is 1. The standard InChI is InChI=1S/C19H27N3O2S/c1-16(25)7-5-6-10-19(24)22-13-11-21(12-14-22)15-18(23)20-17-8-3-2-4-9-17/h2-4,8-9H,5-7,10-15H2,1H3,(H,20,23). The molecule has 2 amide bonds. The minimum atomic E-state index is -0.0125. The van der Waals surface area contributed by atoms with Crippen LogP contribution >= 0.6 is 12.2 Å². The van der Waals surface area contributed by atoms with Crippen LogP contribution < -0.4 is 5.32 Å². The van der Waals surface area contributed by atoms with E-state index < -0.39 is 0 Å². The van der Waals surface area contributed by atoms with E-state index in [1.165, 1.54) is 0 Å². The lowest BCUT2D eigenvalue weighted by molar-refractivity contribution is -0.133. The largest absolute Gasteiger partial charge is 0.340 e. The summed E-state index contributed by atoms with van der Waals surface area (Å²) in [4.78, 5) is 29.3. The Morgan fingerprint density at radius 1 is 1.04 bits per heavy atom. The molecule has 0 aromatic heterocycles. The second-order valence-electron chi connectivity index (χ2n) is 6.48.